The fraction of sp³-hybridized carbons (Fsp3) is 0.250. The molecule has 0 bridgehead atoms. The molecule has 0 unspecified atom stereocenters. The molecule has 1 aliphatic carbocycles. The van der Waals surface area contributed by atoms with Crippen LogP contribution in [0, 0.1) is 29.1 Å². The molecule has 0 radical (unpaired) electrons. The Bertz CT molecular complexity index is 453. The molecule has 1 aliphatic rings. The lowest BCUT2D eigenvalue weighted by Gasteiger charge is -1.96. The van der Waals surface area contributed by atoms with E-state index < -0.39 is 0 Å². The minimum Gasteiger partial charge on any atom is -0.399 e. The number of nitriles is 1. The van der Waals surface area contributed by atoms with E-state index in [9.17, 15) is 0 Å². The van der Waals surface area contributed by atoms with Crippen LogP contribution in [0.25, 0.3) is 0 Å². The molecule has 2 nitrogen and oxygen atoms in total. The Hall–Kier alpha value is -1.93. The topological polar surface area (TPSA) is 49.8 Å². The second-order valence-corrected chi connectivity index (χ2v) is 3.46. The summed E-state index contributed by atoms with van der Waals surface area (Å²) < 4.78 is 0. The van der Waals surface area contributed by atoms with Crippen molar-refractivity contribution in [3.63, 3.8) is 0 Å². The molecule has 0 spiro atoms. The molecule has 0 amide bonds. The number of nitrogens with zero attached hydrogens (tertiary/aromatic N) is 1. The standard InChI is InChI=1S/C12H10N2/c13-8-11-5-6-12(14)7-10(11)4-3-9-1-2-9/h5-7,9H,1-2,14H2. The molecule has 1 aromatic carbocycles. The van der Waals surface area contributed by atoms with Crippen molar-refractivity contribution in [2.75, 3.05) is 5.73 Å². The molecule has 0 aromatic heterocycles. The van der Waals surface area contributed by atoms with Crippen LogP contribution in [-0.4, -0.2) is 0 Å². The first kappa shape index (κ1) is 8.66. The van der Waals surface area contributed by atoms with Crippen molar-refractivity contribution in [3.05, 3.63) is 29.3 Å². The number of rotatable bonds is 0. The zero-order chi connectivity index (χ0) is 9.97. The smallest absolute Gasteiger partial charge is 0.100 e. The van der Waals surface area contributed by atoms with E-state index in [2.05, 4.69) is 17.9 Å². The monoisotopic (exact) mass is 182 g/mol. The molecule has 14 heavy (non-hydrogen) atoms. The highest BCUT2D eigenvalue weighted by atomic mass is 14.5. The largest absolute Gasteiger partial charge is 0.399 e. The highest BCUT2D eigenvalue weighted by molar-refractivity contribution is 5.55. The lowest BCUT2D eigenvalue weighted by Crippen LogP contribution is -1.89. The van der Waals surface area contributed by atoms with Crippen LogP contribution in [0.4, 0.5) is 5.69 Å². The summed E-state index contributed by atoms with van der Waals surface area (Å²) in [5.41, 5.74) is 7.64. The first-order chi connectivity index (χ1) is 6.79. The van der Waals surface area contributed by atoms with E-state index >= 15 is 0 Å². The third kappa shape index (κ3) is 1.87. The fourth-order valence-electron chi connectivity index (χ4n) is 1.17. The normalized spacial score (nSPS) is 13.9. The molecule has 0 atom stereocenters. The van der Waals surface area contributed by atoms with Gasteiger partial charge in [0.1, 0.15) is 6.07 Å². The van der Waals surface area contributed by atoms with Crippen molar-refractivity contribution in [1.29, 1.82) is 5.26 Å². The van der Waals surface area contributed by atoms with E-state index in [1.165, 1.54) is 12.8 Å². The minimum atomic E-state index is 0.544. The van der Waals surface area contributed by atoms with Gasteiger partial charge in [-0.05, 0) is 31.0 Å². The first-order valence-electron chi connectivity index (χ1n) is 4.61. The van der Waals surface area contributed by atoms with Crippen LogP contribution in [0.1, 0.15) is 24.0 Å². The van der Waals surface area contributed by atoms with Crippen LogP contribution in [0.3, 0.4) is 0 Å². The second-order valence-electron chi connectivity index (χ2n) is 3.46. The Morgan fingerprint density at radius 2 is 2.07 bits per heavy atom. The summed E-state index contributed by atoms with van der Waals surface area (Å²) in [7, 11) is 0. The van der Waals surface area contributed by atoms with E-state index in [1.54, 1.807) is 18.2 Å². The van der Waals surface area contributed by atoms with Crippen LogP contribution in [0.15, 0.2) is 18.2 Å². The Morgan fingerprint density at radius 3 is 2.71 bits per heavy atom. The Kier molecular flexibility index (Phi) is 2.13. The van der Waals surface area contributed by atoms with Crippen LogP contribution >= 0.6 is 0 Å². The average molecular weight is 182 g/mol. The lowest BCUT2D eigenvalue weighted by atomic mass is 10.1. The summed E-state index contributed by atoms with van der Waals surface area (Å²) in [6.07, 6.45) is 2.38. The van der Waals surface area contributed by atoms with Gasteiger partial charge < -0.3 is 5.73 Å². The second kappa shape index (κ2) is 3.44. The molecule has 1 saturated carbocycles. The number of hydrogen-bond acceptors (Lipinski definition) is 2. The zero-order valence-electron chi connectivity index (χ0n) is 7.75. The van der Waals surface area contributed by atoms with Gasteiger partial charge in [0.2, 0.25) is 0 Å². The Balaban J connectivity index is 2.36. The fourth-order valence-corrected chi connectivity index (χ4v) is 1.17. The van der Waals surface area contributed by atoms with Gasteiger partial charge in [-0.2, -0.15) is 5.26 Å². The van der Waals surface area contributed by atoms with Gasteiger partial charge in [-0.3, -0.25) is 0 Å². The summed E-state index contributed by atoms with van der Waals surface area (Å²) in [4.78, 5) is 0. The van der Waals surface area contributed by atoms with E-state index in [1.807, 2.05) is 0 Å². The van der Waals surface area contributed by atoms with Crippen LogP contribution < -0.4 is 5.73 Å². The third-order valence-electron chi connectivity index (χ3n) is 2.15. The third-order valence-corrected chi connectivity index (χ3v) is 2.15. The summed E-state index contributed by atoms with van der Waals surface area (Å²) in [6, 6.07) is 7.30. The molecular weight excluding hydrogens is 172 g/mol. The maximum Gasteiger partial charge on any atom is 0.100 e. The zero-order valence-corrected chi connectivity index (χ0v) is 7.75. The SMILES string of the molecule is N#Cc1ccc(N)cc1C#CC1CC1. The first-order valence-corrected chi connectivity index (χ1v) is 4.61. The van der Waals surface area contributed by atoms with E-state index in [4.69, 9.17) is 11.0 Å². The highest BCUT2D eigenvalue weighted by Gasteiger charge is 2.17. The maximum atomic E-state index is 8.83. The van der Waals surface area contributed by atoms with Gasteiger partial charge >= 0.3 is 0 Å². The van der Waals surface area contributed by atoms with Gasteiger partial charge in [-0.1, -0.05) is 11.8 Å². The van der Waals surface area contributed by atoms with Crippen molar-refractivity contribution in [2.45, 2.75) is 12.8 Å². The van der Waals surface area contributed by atoms with Gasteiger partial charge in [0.25, 0.3) is 0 Å². The predicted octanol–water partition coefficient (Wildman–Crippen LogP) is 1.90. The predicted molar refractivity (Wildman–Crippen MR) is 55.2 cm³/mol. The highest BCUT2D eigenvalue weighted by Crippen LogP contribution is 2.27. The molecule has 0 aliphatic heterocycles. The number of nitrogens with two attached hydrogens (primary N) is 1. The molecular formula is C12H10N2. The molecule has 1 fully saturated rings. The van der Waals surface area contributed by atoms with E-state index in [0.717, 1.165) is 5.56 Å². The van der Waals surface area contributed by atoms with Gasteiger partial charge in [0.15, 0.2) is 0 Å². The molecule has 0 saturated heterocycles. The lowest BCUT2D eigenvalue weighted by molar-refractivity contribution is 1.18. The number of benzene rings is 1. The van der Waals surface area contributed by atoms with Gasteiger partial charge in [0.05, 0.1) is 5.56 Å². The van der Waals surface area contributed by atoms with Gasteiger partial charge in [-0.15, -0.1) is 0 Å². The summed E-state index contributed by atoms with van der Waals surface area (Å²) in [5.74, 6) is 6.68. The van der Waals surface area contributed by atoms with Crippen molar-refractivity contribution in [3.8, 4) is 17.9 Å². The Morgan fingerprint density at radius 1 is 1.29 bits per heavy atom. The van der Waals surface area contributed by atoms with Crippen LogP contribution in [0.5, 0.6) is 0 Å². The quantitative estimate of drug-likeness (QED) is 0.492. The molecule has 68 valence electrons. The average Bonchev–Trinajstić information content (AvgIpc) is 2.98. The van der Waals surface area contributed by atoms with Crippen molar-refractivity contribution < 1.29 is 0 Å². The molecule has 2 heteroatoms. The van der Waals surface area contributed by atoms with Crippen molar-refractivity contribution in [1.82, 2.24) is 0 Å². The Labute approximate surface area is 83.3 Å². The van der Waals surface area contributed by atoms with Crippen molar-refractivity contribution in [2.24, 2.45) is 5.92 Å². The maximum absolute atomic E-state index is 8.83. The molecule has 2 rings (SSSR count). The number of anilines is 1. The minimum absolute atomic E-state index is 0.544. The summed E-state index contributed by atoms with van der Waals surface area (Å²) >= 11 is 0. The molecule has 0 heterocycles. The molecule has 2 N–H and O–H groups in total. The van der Waals surface area contributed by atoms with Crippen LogP contribution in [-0.2, 0) is 0 Å². The summed E-state index contributed by atoms with van der Waals surface area (Å²) in [6.45, 7) is 0. The number of nitrogen functional groups attached to an aromatic ring is 1. The van der Waals surface area contributed by atoms with Crippen LogP contribution in [0.2, 0.25) is 0 Å². The van der Waals surface area contributed by atoms with E-state index in [-0.39, 0.29) is 0 Å². The molecule has 1 aromatic rings. The number of hydrogen-bond donors (Lipinski definition) is 1. The van der Waals surface area contributed by atoms with E-state index in [0.29, 0.717) is 17.2 Å². The van der Waals surface area contributed by atoms with Gasteiger partial charge in [0, 0.05) is 17.2 Å². The van der Waals surface area contributed by atoms with Gasteiger partial charge in [-0.25, -0.2) is 0 Å². The van der Waals surface area contributed by atoms with Crippen molar-refractivity contribution >= 4 is 5.69 Å². The summed E-state index contributed by atoms with van der Waals surface area (Å²) in [5, 5.41) is 8.83.